The normalized spacial score (nSPS) is 11.1. The predicted octanol–water partition coefficient (Wildman–Crippen LogP) is 2.29. The van der Waals surface area contributed by atoms with Gasteiger partial charge in [0, 0.05) is 6.08 Å². The van der Waals surface area contributed by atoms with Gasteiger partial charge in [-0.05, 0) is 50.1 Å². The Kier molecular flexibility index (Phi) is 3.46. The molecule has 98 valence electrons. The molecule has 0 amide bonds. The number of carboxylic acid groups (broad SMARTS) is 1. The minimum Gasteiger partial charge on any atom is -0.478 e. The summed E-state index contributed by atoms with van der Waals surface area (Å²) in [6.45, 7) is 5.71. The number of hydrogen-bond acceptors (Lipinski definition) is 3. The SMILES string of the molecule is Cc1nc(C)n(-c2ccc(C=CC(=O)O)cc2C)n1. The van der Waals surface area contributed by atoms with Crippen LogP contribution in [0.15, 0.2) is 24.3 Å². The van der Waals surface area contributed by atoms with Gasteiger partial charge in [-0.2, -0.15) is 5.10 Å². The predicted molar refractivity (Wildman–Crippen MR) is 72.2 cm³/mol. The van der Waals surface area contributed by atoms with Gasteiger partial charge >= 0.3 is 5.97 Å². The van der Waals surface area contributed by atoms with Crippen LogP contribution in [0.3, 0.4) is 0 Å². The number of nitrogens with zero attached hydrogens (tertiary/aromatic N) is 3. The first kappa shape index (κ1) is 13.0. The molecule has 2 rings (SSSR count). The van der Waals surface area contributed by atoms with Crippen LogP contribution in [0.1, 0.15) is 22.8 Å². The highest BCUT2D eigenvalue weighted by molar-refractivity contribution is 5.85. The van der Waals surface area contributed by atoms with Crippen LogP contribution in [-0.2, 0) is 4.79 Å². The molecule has 0 fully saturated rings. The Labute approximate surface area is 111 Å². The Bertz CT molecular complexity index is 657. The van der Waals surface area contributed by atoms with Gasteiger partial charge in [0.05, 0.1) is 5.69 Å². The molecule has 0 spiro atoms. The average molecular weight is 257 g/mol. The smallest absolute Gasteiger partial charge is 0.328 e. The molecule has 0 atom stereocenters. The van der Waals surface area contributed by atoms with Crippen LogP contribution in [0.25, 0.3) is 11.8 Å². The van der Waals surface area contributed by atoms with Gasteiger partial charge in [-0.15, -0.1) is 0 Å². The van der Waals surface area contributed by atoms with Gasteiger partial charge in [0.1, 0.15) is 11.6 Å². The second-order valence-electron chi connectivity index (χ2n) is 4.34. The van der Waals surface area contributed by atoms with Crippen molar-refractivity contribution in [2.75, 3.05) is 0 Å². The lowest BCUT2D eigenvalue weighted by molar-refractivity contribution is -0.131. The number of carboxylic acids is 1. The summed E-state index contributed by atoms with van der Waals surface area (Å²) in [4.78, 5) is 14.8. The first-order chi connectivity index (χ1) is 8.97. The molecular formula is C14H15N3O2. The third-order valence-electron chi connectivity index (χ3n) is 2.74. The molecule has 5 heteroatoms. The van der Waals surface area contributed by atoms with E-state index in [-0.39, 0.29) is 0 Å². The van der Waals surface area contributed by atoms with E-state index < -0.39 is 5.97 Å². The van der Waals surface area contributed by atoms with E-state index in [1.54, 1.807) is 10.8 Å². The summed E-state index contributed by atoms with van der Waals surface area (Å²) in [5.74, 6) is 0.602. The zero-order valence-corrected chi connectivity index (χ0v) is 11.1. The van der Waals surface area contributed by atoms with Crippen molar-refractivity contribution < 1.29 is 9.90 Å². The number of aliphatic carboxylic acids is 1. The van der Waals surface area contributed by atoms with Crippen LogP contribution in [-0.4, -0.2) is 25.8 Å². The summed E-state index contributed by atoms with van der Waals surface area (Å²) >= 11 is 0. The zero-order chi connectivity index (χ0) is 14.0. The van der Waals surface area contributed by atoms with E-state index >= 15 is 0 Å². The lowest BCUT2D eigenvalue weighted by atomic mass is 10.1. The maximum Gasteiger partial charge on any atom is 0.328 e. The number of hydrogen-bond donors (Lipinski definition) is 1. The van der Waals surface area contributed by atoms with Gasteiger partial charge in [-0.25, -0.2) is 14.5 Å². The molecule has 1 aromatic carbocycles. The van der Waals surface area contributed by atoms with Crippen molar-refractivity contribution in [1.29, 1.82) is 0 Å². The van der Waals surface area contributed by atoms with Gasteiger partial charge in [-0.3, -0.25) is 0 Å². The van der Waals surface area contributed by atoms with Crippen LogP contribution < -0.4 is 0 Å². The minimum absolute atomic E-state index is 0.728. The number of benzene rings is 1. The molecular weight excluding hydrogens is 242 g/mol. The van der Waals surface area contributed by atoms with E-state index in [0.717, 1.165) is 34.5 Å². The third kappa shape index (κ3) is 2.88. The van der Waals surface area contributed by atoms with E-state index in [0.29, 0.717) is 0 Å². The van der Waals surface area contributed by atoms with Crippen molar-refractivity contribution in [3.05, 3.63) is 47.1 Å². The zero-order valence-electron chi connectivity index (χ0n) is 11.1. The monoisotopic (exact) mass is 257 g/mol. The standard InChI is InChI=1S/C14H15N3O2/c1-9-8-12(5-7-14(18)19)4-6-13(9)17-11(3)15-10(2)16-17/h4-8H,1-3H3,(H,18,19). The highest BCUT2D eigenvalue weighted by Gasteiger charge is 2.07. The fourth-order valence-corrected chi connectivity index (χ4v) is 1.94. The molecule has 2 aromatic rings. The van der Waals surface area contributed by atoms with Gasteiger partial charge in [0.25, 0.3) is 0 Å². The van der Waals surface area contributed by atoms with Crippen LogP contribution in [0.5, 0.6) is 0 Å². The first-order valence-electron chi connectivity index (χ1n) is 5.89. The summed E-state index contributed by atoms with van der Waals surface area (Å²) in [7, 11) is 0. The molecule has 1 aromatic heterocycles. The van der Waals surface area contributed by atoms with Gasteiger partial charge in [0.15, 0.2) is 0 Å². The van der Waals surface area contributed by atoms with Crippen LogP contribution >= 0.6 is 0 Å². The van der Waals surface area contributed by atoms with Crippen molar-refractivity contribution in [1.82, 2.24) is 14.8 Å². The molecule has 1 heterocycles. The van der Waals surface area contributed by atoms with Crippen LogP contribution in [0.4, 0.5) is 0 Å². The topological polar surface area (TPSA) is 68.0 Å². The van der Waals surface area contributed by atoms with Crippen LogP contribution in [0, 0.1) is 20.8 Å². The Hall–Kier alpha value is -2.43. The molecule has 0 aliphatic rings. The summed E-state index contributed by atoms with van der Waals surface area (Å²) in [6, 6.07) is 5.70. The number of rotatable bonds is 3. The summed E-state index contributed by atoms with van der Waals surface area (Å²) < 4.78 is 1.79. The highest BCUT2D eigenvalue weighted by Crippen LogP contribution is 2.17. The van der Waals surface area contributed by atoms with Gasteiger partial charge < -0.3 is 5.11 Å². The minimum atomic E-state index is -0.954. The van der Waals surface area contributed by atoms with Crippen molar-refractivity contribution in [2.24, 2.45) is 0 Å². The van der Waals surface area contributed by atoms with E-state index in [1.165, 1.54) is 0 Å². The third-order valence-corrected chi connectivity index (χ3v) is 2.74. The maximum absolute atomic E-state index is 10.5. The molecule has 1 N–H and O–H groups in total. The van der Waals surface area contributed by atoms with Gasteiger partial charge in [-0.1, -0.05) is 6.07 Å². The Balaban J connectivity index is 2.40. The quantitative estimate of drug-likeness (QED) is 0.856. The number of carbonyl (C=O) groups is 1. The molecule has 0 bridgehead atoms. The molecule has 0 unspecified atom stereocenters. The molecule has 0 saturated carbocycles. The highest BCUT2D eigenvalue weighted by atomic mass is 16.4. The van der Waals surface area contributed by atoms with E-state index in [9.17, 15) is 4.79 Å². The Morgan fingerprint density at radius 2 is 2.05 bits per heavy atom. The molecule has 5 nitrogen and oxygen atoms in total. The second-order valence-corrected chi connectivity index (χ2v) is 4.34. The van der Waals surface area contributed by atoms with E-state index in [1.807, 2.05) is 39.0 Å². The Morgan fingerprint density at radius 1 is 1.32 bits per heavy atom. The molecule has 0 aliphatic carbocycles. The fourth-order valence-electron chi connectivity index (χ4n) is 1.94. The first-order valence-corrected chi connectivity index (χ1v) is 5.89. The van der Waals surface area contributed by atoms with E-state index in [2.05, 4.69) is 10.1 Å². The van der Waals surface area contributed by atoms with Crippen molar-refractivity contribution in [3.8, 4) is 5.69 Å². The molecule has 19 heavy (non-hydrogen) atoms. The molecule has 0 saturated heterocycles. The second kappa shape index (κ2) is 5.06. The van der Waals surface area contributed by atoms with Gasteiger partial charge in [0.2, 0.25) is 0 Å². The number of aromatic nitrogens is 3. The molecule has 0 aliphatic heterocycles. The fraction of sp³-hybridized carbons (Fsp3) is 0.214. The molecule has 0 radical (unpaired) electrons. The number of aryl methyl sites for hydroxylation is 3. The summed E-state index contributed by atoms with van der Waals surface area (Å²) in [6.07, 6.45) is 2.69. The lowest BCUT2D eigenvalue weighted by Crippen LogP contribution is -2.02. The van der Waals surface area contributed by atoms with Crippen molar-refractivity contribution >= 4 is 12.0 Å². The summed E-state index contributed by atoms with van der Waals surface area (Å²) in [5.41, 5.74) is 2.81. The summed E-state index contributed by atoms with van der Waals surface area (Å²) in [5, 5.41) is 12.9. The van der Waals surface area contributed by atoms with Crippen LogP contribution in [0.2, 0.25) is 0 Å². The lowest BCUT2D eigenvalue weighted by Gasteiger charge is -2.07. The maximum atomic E-state index is 10.5. The Morgan fingerprint density at radius 3 is 2.58 bits per heavy atom. The van der Waals surface area contributed by atoms with Crippen molar-refractivity contribution in [2.45, 2.75) is 20.8 Å². The largest absolute Gasteiger partial charge is 0.478 e. The average Bonchev–Trinajstić information content (AvgIpc) is 2.66. The van der Waals surface area contributed by atoms with Crippen molar-refractivity contribution in [3.63, 3.8) is 0 Å². The van der Waals surface area contributed by atoms with E-state index in [4.69, 9.17) is 5.11 Å².